The molecule has 4 atom stereocenters. The molecule has 0 saturated heterocycles. The maximum Gasteiger partial charge on any atom is 0.341 e. The van der Waals surface area contributed by atoms with E-state index in [1.807, 2.05) is 36.6 Å². The normalized spacial score (nSPS) is 25.0. The second kappa shape index (κ2) is 7.63. The minimum absolute atomic E-state index is 0.0690. The van der Waals surface area contributed by atoms with Crippen LogP contribution in [0, 0.1) is 30.6 Å². The number of benzene rings is 1. The zero-order valence-corrected chi connectivity index (χ0v) is 17.1. The van der Waals surface area contributed by atoms with Crippen LogP contribution in [0.1, 0.15) is 35.2 Å². The lowest BCUT2D eigenvalue weighted by Gasteiger charge is -2.26. The Morgan fingerprint density at radius 3 is 2.55 bits per heavy atom. The van der Waals surface area contributed by atoms with Crippen LogP contribution in [0.3, 0.4) is 0 Å². The summed E-state index contributed by atoms with van der Waals surface area (Å²) in [5, 5.41) is 14.7. The lowest BCUT2D eigenvalue weighted by atomic mass is 9.78. The minimum atomic E-state index is -0.905. The summed E-state index contributed by atoms with van der Waals surface area (Å²) in [5.74, 6) is -2.78. The first-order chi connectivity index (χ1) is 13.9. The number of carbonyl (C=O) groups is 3. The first-order valence-corrected chi connectivity index (χ1v) is 10.6. The Bertz CT molecular complexity index is 981. The molecular weight excluding hydrogens is 390 g/mol. The van der Waals surface area contributed by atoms with Crippen molar-refractivity contribution >= 4 is 34.2 Å². The van der Waals surface area contributed by atoms with Gasteiger partial charge >= 0.3 is 11.9 Å². The van der Waals surface area contributed by atoms with Crippen LogP contribution in [-0.4, -0.2) is 30.1 Å². The number of carbonyl (C=O) groups excluding carboxylic acids is 2. The molecule has 6 nitrogen and oxygen atoms in total. The molecule has 2 aliphatic rings. The molecule has 0 spiro atoms. The minimum Gasteiger partial charge on any atom is -0.481 e. The highest BCUT2D eigenvalue weighted by Gasteiger charge is 2.54. The van der Waals surface area contributed by atoms with Crippen LogP contribution in [0.5, 0.6) is 0 Å². The molecule has 4 rings (SSSR count). The van der Waals surface area contributed by atoms with Crippen molar-refractivity contribution in [3.63, 3.8) is 0 Å². The zero-order chi connectivity index (χ0) is 20.7. The van der Waals surface area contributed by atoms with Crippen molar-refractivity contribution < 1.29 is 24.2 Å². The highest BCUT2D eigenvalue weighted by atomic mass is 32.1. The van der Waals surface area contributed by atoms with Gasteiger partial charge in [0.1, 0.15) is 10.6 Å². The number of rotatable bonds is 5. The van der Waals surface area contributed by atoms with Crippen LogP contribution in [-0.2, 0) is 14.3 Å². The number of carboxylic acids is 1. The van der Waals surface area contributed by atoms with Crippen molar-refractivity contribution in [3.05, 3.63) is 40.8 Å². The van der Waals surface area contributed by atoms with Crippen molar-refractivity contribution in [3.8, 4) is 11.1 Å². The molecule has 1 heterocycles. The number of fused-ring (bicyclic) bond motifs is 2. The lowest BCUT2D eigenvalue weighted by Crippen LogP contribution is -2.37. The molecule has 2 aromatic rings. The molecule has 2 aliphatic carbocycles. The summed E-state index contributed by atoms with van der Waals surface area (Å²) in [6.07, 6.45) is 2.54. The van der Waals surface area contributed by atoms with Gasteiger partial charge in [-0.3, -0.25) is 9.59 Å². The Balaban J connectivity index is 1.66. The summed E-state index contributed by atoms with van der Waals surface area (Å²) < 4.78 is 4.97. The zero-order valence-electron chi connectivity index (χ0n) is 16.3. The van der Waals surface area contributed by atoms with Gasteiger partial charge in [-0.2, -0.15) is 0 Å². The molecule has 0 unspecified atom stereocenters. The van der Waals surface area contributed by atoms with Gasteiger partial charge in [0.05, 0.1) is 18.9 Å². The van der Waals surface area contributed by atoms with E-state index in [1.165, 1.54) is 18.4 Å². The monoisotopic (exact) mass is 413 g/mol. The highest BCUT2D eigenvalue weighted by Crippen LogP contribution is 2.53. The van der Waals surface area contributed by atoms with Gasteiger partial charge in [0.2, 0.25) is 5.91 Å². The summed E-state index contributed by atoms with van der Waals surface area (Å²) in [7, 11) is 1.31. The van der Waals surface area contributed by atoms with E-state index >= 15 is 0 Å². The molecule has 2 bridgehead atoms. The third kappa shape index (κ3) is 3.44. The molecule has 0 aliphatic heterocycles. The standard InChI is InChI=1S/C22H23NO5S/c1-11-4-3-5-12(8-11)15-10-29-20(18(15)22(27)28-2)23-19(24)16-13-6-7-14(9-13)17(16)21(25)26/h3-5,8,10,13-14,16-17H,6-7,9H2,1-2H3,(H,23,24)(H,25,26)/t13-,14-,16+,17-/m0/s1. The van der Waals surface area contributed by atoms with Gasteiger partial charge in [0, 0.05) is 10.9 Å². The summed E-state index contributed by atoms with van der Waals surface area (Å²) in [6, 6.07) is 7.76. The number of ether oxygens (including phenoxy) is 1. The van der Waals surface area contributed by atoms with E-state index in [0.717, 1.165) is 30.4 Å². The number of aliphatic carboxylic acids is 1. The number of hydrogen-bond acceptors (Lipinski definition) is 5. The molecule has 152 valence electrons. The maximum absolute atomic E-state index is 13.1. The number of thiophene rings is 1. The van der Waals surface area contributed by atoms with E-state index in [4.69, 9.17) is 4.74 Å². The number of carboxylic acid groups (broad SMARTS) is 1. The lowest BCUT2D eigenvalue weighted by molar-refractivity contribution is -0.148. The number of methoxy groups -OCH3 is 1. The van der Waals surface area contributed by atoms with E-state index in [1.54, 1.807) is 0 Å². The fraction of sp³-hybridized carbons (Fsp3) is 0.409. The van der Waals surface area contributed by atoms with Crippen LogP contribution in [0.25, 0.3) is 11.1 Å². The van der Waals surface area contributed by atoms with Gasteiger partial charge in [-0.1, -0.05) is 29.8 Å². The van der Waals surface area contributed by atoms with Gasteiger partial charge in [0.25, 0.3) is 0 Å². The molecule has 2 saturated carbocycles. The fourth-order valence-electron chi connectivity index (χ4n) is 5.00. The molecule has 2 fully saturated rings. The van der Waals surface area contributed by atoms with E-state index < -0.39 is 23.8 Å². The van der Waals surface area contributed by atoms with E-state index in [0.29, 0.717) is 16.1 Å². The van der Waals surface area contributed by atoms with Crippen molar-refractivity contribution in [2.24, 2.45) is 23.7 Å². The second-order valence-corrected chi connectivity index (χ2v) is 8.81. The Labute approximate surface area is 172 Å². The molecule has 29 heavy (non-hydrogen) atoms. The smallest absolute Gasteiger partial charge is 0.341 e. The highest BCUT2D eigenvalue weighted by molar-refractivity contribution is 7.15. The number of anilines is 1. The Morgan fingerprint density at radius 1 is 1.17 bits per heavy atom. The molecule has 1 aromatic carbocycles. The van der Waals surface area contributed by atoms with Crippen LogP contribution in [0.4, 0.5) is 5.00 Å². The van der Waals surface area contributed by atoms with Gasteiger partial charge in [0.15, 0.2) is 0 Å². The molecular formula is C22H23NO5S. The van der Waals surface area contributed by atoms with Gasteiger partial charge in [-0.05, 0) is 43.6 Å². The average Bonchev–Trinajstić information content (AvgIpc) is 3.41. The summed E-state index contributed by atoms with van der Waals surface area (Å²) in [4.78, 5) is 37.3. The van der Waals surface area contributed by atoms with Crippen molar-refractivity contribution in [1.29, 1.82) is 0 Å². The Morgan fingerprint density at radius 2 is 1.90 bits per heavy atom. The van der Waals surface area contributed by atoms with E-state index in [9.17, 15) is 19.5 Å². The quantitative estimate of drug-likeness (QED) is 0.717. The van der Waals surface area contributed by atoms with Crippen LogP contribution < -0.4 is 5.32 Å². The van der Waals surface area contributed by atoms with E-state index in [2.05, 4.69) is 5.32 Å². The summed E-state index contributed by atoms with van der Waals surface area (Å²) in [5.41, 5.74) is 2.93. The number of amides is 1. The van der Waals surface area contributed by atoms with E-state index in [-0.39, 0.29) is 17.7 Å². The Hall–Kier alpha value is -2.67. The molecule has 2 N–H and O–H groups in total. The third-order valence-electron chi connectivity index (χ3n) is 6.25. The van der Waals surface area contributed by atoms with Crippen molar-refractivity contribution in [2.45, 2.75) is 26.2 Å². The molecule has 1 amide bonds. The van der Waals surface area contributed by atoms with Crippen LogP contribution in [0.2, 0.25) is 0 Å². The number of esters is 1. The molecule has 7 heteroatoms. The second-order valence-electron chi connectivity index (χ2n) is 7.93. The predicted octanol–water partition coefficient (Wildman–Crippen LogP) is 4.20. The number of aryl methyl sites for hydroxylation is 1. The van der Waals surface area contributed by atoms with Gasteiger partial charge < -0.3 is 15.2 Å². The molecule has 1 aromatic heterocycles. The van der Waals surface area contributed by atoms with Crippen molar-refractivity contribution in [2.75, 3.05) is 12.4 Å². The van der Waals surface area contributed by atoms with Gasteiger partial charge in [-0.15, -0.1) is 11.3 Å². The Kier molecular flexibility index (Phi) is 5.17. The number of hydrogen-bond donors (Lipinski definition) is 2. The van der Waals surface area contributed by atoms with Gasteiger partial charge in [-0.25, -0.2) is 4.79 Å². The van der Waals surface area contributed by atoms with Crippen LogP contribution >= 0.6 is 11.3 Å². The summed E-state index contributed by atoms with van der Waals surface area (Å²) >= 11 is 1.26. The van der Waals surface area contributed by atoms with Crippen LogP contribution in [0.15, 0.2) is 29.6 Å². The molecule has 0 radical (unpaired) electrons. The average molecular weight is 413 g/mol. The summed E-state index contributed by atoms with van der Waals surface area (Å²) in [6.45, 7) is 1.97. The maximum atomic E-state index is 13.1. The third-order valence-corrected chi connectivity index (χ3v) is 7.15. The largest absolute Gasteiger partial charge is 0.481 e. The first-order valence-electron chi connectivity index (χ1n) is 9.71. The predicted molar refractivity (Wildman–Crippen MR) is 110 cm³/mol. The first kappa shape index (κ1) is 19.6. The fourth-order valence-corrected chi connectivity index (χ4v) is 5.96. The SMILES string of the molecule is COC(=O)c1c(-c2cccc(C)c2)csc1NC(=O)[C@@H]1[C@H]2CC[C@@H](C2)[C@@H]1C(=O)O. The topological polar surface area (TPSA) is 92.7 Å². The van der Waals surface area contributed by atoms with Crippen molar-refractivity contribution in [1.82, 2.24) is 0 Å². The number of nitrogens with one attached hydrogen (secondary N) is 1.